The second-order valence-corrected chi connectivity index (χ2v) is 5.14. The second-order valence-electron chi connectivity index (χ2n) is 5.14. The van der Waals surface area contributed by atoms with E-state index in [1.54, 1.807) is 0 Å². The normalized spacial score (nSPS) is 15.5. The van der Waals surface area contributed by atoms with Crippen molar-refractivity contribution in [2.75, 3.05) is 19.8 Å². The van der Waals surface area contributed by atoms with Gasteiger partial charge in [0.1, 0.15) is 11.6 Å². The van der Waals surface area contributed by atoms with Gasteiger partial charge in [0.25, 0.3) is 5.91 Å². The summed E-state index contributed by atoms with van der Waals surface area (Å²) in [6, 6.07) is 2.41. The molecule has 7 heteroatoms. The van der Waals surface area contributed by atoms with Crippen LogP contribution in [0.3, 0.4) is 0 Å². The number of carboxylic acids is 1. The van der Waals surface area contributed by atoms with Gasteiger partial charge in [-0.3, -0.25) is 9.59 Å². The molecule has 1 fully saturated rings. The topological polar surface area (TPSA) is 66.8 Å². The summed E-state index contributed by atoms with van der Waals surface area (Å²) in [5, 5.41) is 8.82. The quantitative estimate of drug-likeness (QED) is 0.903. The number of rotatable bonds is 5. The van der Waals surface area contributed by atoms with Gasteiger partial charge in [0, 0.05) is 37.4 Å². The molecule has 120 valence electrons. The summed E-state index contributed by atoms with van der Waals surface area (Å²) in [6.07, 6.45) is 0.924. The molecule has 1 heterocycles. The molecule has 0 saturated carbocycles. The van der Waals surface area contributed by atoms with Crippen LogP contribution in [0.4, 0.5) is 8.78 Å². The Morgan fingerprint density at radius 2 is 1.77 bits per heavy atom. The van der Waals surface area contributed by atoms with Crippen LogP contribution < -0.4 is 0 Å². The van der Waals surface area contributed by atoms with Crippen LogP contribution in [0.25, 0.3) is 0 Å². The third kappa shape index (κ3) is 4.24. The van der Waals surface area contributed by atoms with Crippen molar-refractivity contribution in [3.8, 4) is 0 Å². The fourth-order valence-electron chi connectivity index (χ4n) is 2.51. The van der Waals surface area contributed by atoms with Crippen LogP contribution in [0.5, 0.6) is 0 Å². The molecular weight excluding hydrogens is 296 g/mol. The van der Waals surface area contributed by atoms with Crippen LogP contribution in [0.1, 0.15) is 29.6 Å². The van der Waals surface area contributed by atoms with Gasteiger partial charge in [-0.25, -0.2) is 8.78 Å². The number of carboxylic acid groups (broad SMARTS) is 1. The molecule has 1 aromatic rings. The van der Waals surface area contributed by atoms with Gasteiger partial charge in [-0.15, -0.1) is 0 Å². The number of aliphatic carboxylic acids is 1. The van der Waals surface area contributed by atoms with Crippen LogP contribution in [-0.4, -0.2) is 47.7 Å². The van der Waals surface area contributed by atoms with E-state index < -0.39 is 23.5 Å². The Balaban J connectivity index is 2.21. The lowest BCUT2D eigenvalue weighted by atomic mass is 10.0. The van der Waals surface area contributed by atoms with Crippen molar-refractivity contribution in [2.24, 2.45) is 0 Å². The van der Waals surface area contributed by atoms with Crippen LogP contribution in [0.15, 0.2) is 18.2 Å². The van der Waals surface area contributed by atoms with Gasteiger partial charge in [-0.05, 0) is 25.0 Å². The second kappa shape index (κ2) is 7.31. The Kier molecular flexibility index (Phi) is 5.43. The lowest BCUT2D eigenvalue weighted by molar-refractivity contribution is -0.137. The molecule has 5 nitrogen and oxygen atoms in total. The van der Waals surface area contributed by atoms with Gasteiger partial charge in [0.15, 0.2) is 0 Å². The summed E-state index contributed by atoms with van der Waals surface area (Å²) < 4.78 is 31.8. The third-order valence-electron chi connectivity index (χ3n) is 3.57. The zero-order chi connectivity index (χ0) is 16.1. The van der Waals surface area contributed by atoms with E-state index >= 15 is 0 Å². The van der Waals surface area contributed by atoms with E-state index in [-0.39, 0.29) is 24.6 Å². The lowest BCUT2D eigenvalue weighted by Crippen LogP contribution is -2.44. The standard InChI is InChI=1S/C15H17F2NO4/c16-11-7-10(8-12(17)9-11)15(21)18(4-1-14(19)20)13-2-5-22-6-3-13/h7-9,13H,1-6H2,(H,19,20). The zero-order valence-electron chi connectivity index (χ0n) is 11.9. The number of benzene rings is 1. The third-order valence-corrected chi connectivity index (χ3v) is 3.57. The van der Waals surface area contributed by atoms with Crippen molar-refractivity contribution in [3.05, 3.63) is 35.4 Å². The van der Waals surface area contributed by atoms with E-state index in [1.807, 2.05) is 0 Å². The Bertz CT molecular complexity index is 538. The highest BCUT2D eigenvalue weighted by Gasteiger charge is 2.27. The number of halogens is 2. The van der Waals surface area contributed by atoms with Crippen LogP contribution in [0.2, 0.25) is 0 Å². The minimum atomic E-state index is -1.03. The largest absolute Gasteiger partial charge is 0.481 e. The minimum absolute atomic E-state index is 0.00301. The lowest BCUT2D eigenvalue weighted by Gasteiger charge is -2.34. The molecule has 0 atom stereocenters. The smallest absolute Gasteiger partial charge is 0.305 e. The Morgan fingerprint density at radius 3 is 2.32 bits per heavy atom. The first kappa shape index (κ1) is 16.4. The number of hydrogen-bond acceptors (Lipinski definition) is 3. The predicted molar refractivity (Wildman–Crippen MR) is 73.5 cm³/mol. The first-order valence-electron chi connectivity index (χ1n) is 7.04. The van der Waals surface area contributed by atoms with Crippen LogP contribution in [0, 0.1) is 11.6 Å². The molecule has 0 aliphatic carbocycles. The number of carbonyl (C=O) groups is 2. The molecule has 1 N–H and O–H groups in total. The van der Waals surface area contributed by atoms with Gasteiger partial charge in [-0.2, -0.15) is 0 Å². The zero-order valence-corrected chi connectivity index (χ0v) is 11.9. The van der Waals surface area contributed by atoms with Gasteiger partial charge in [0.05, 0.1) is 6.42 Å². The number of ether oxygens (including phenoxy) is 1. The van der Waals surface area contributed by atoms with Crippen molar-refractivity contribution in [2.45, 2.75) is 25.3 Å². The van der Waals surface area contributed by atoms with E-state index in [0.29, 0.717) is 32.1 Å². The maximum absolute atomic E-state index is 13.3. The first-order valence-corrected chi connectivity index (χ1v) is 7.04. The fourth-order valence-corrected chi connectivity index (χ4v) is 2.51. The minimum Gasteiger partial charge on any atom is -0.481 e. The van der Waals surface area contributed by atoms with E-state index in [2.05, 4.69) is 0 Å². The monoisotopic (exact) mass is 313 g/mol. The van der Waals surface area contributed by atoms with Gasteiger partial charge < -0.3 is 14.7 Å². The van der Waals surface area contributed by atoms with Gasteiger partial charge in [0.2, 0.25) is 0 Å². The molecule has 1 aliphatic rings. The molecular formula is C15H17F2NO4. The number of nitrogens with zero attached hydrogens (tertiary/aromatic N) is 1. The van der Waals surface area contributed by atoms with E-state index in [0.717, 1.165) is 12.1 Å². The van der Waals surface area contributed by atoms with E-state index in [4.69, 9.17) is 9.84 Å². The average molecular weight is 313 g/mol. The van der Waals surface area contributed by atoms with Crippen molar-refractivity contribution < 1.29 is 28.2 Å². The van der Waals surface area contributed by atoms with Crippen molar-refractivity contribution in [1.82, 2.24) is 4.90 Å². The van der Waals surface area contributed by atoms with Crippen molar-refractivity contribution >= 4 is 11.9 Å². The number of carbonyl (C=O) groups excluding carboxylic acids is 1. The molecule has 1 amide bonds. The maximum atomic E-state index is 13.3. The van der Waals surface area contributed by atoms with Gasteiger partial charge >= 0.3 is 5.97 Å². The van der Waals surface area contributed by atoms with E-state index in [9.17, 15) is 18.4 Å². The molecule has 22 heavy (non-hydrogen) atoms. The summed E-state index contributed by atoms with van der Waals surface area (Å²) >= 11 is 0. The van der Waals surface area contributed by atoms with Crippen molar-refractivity contribution in [1.29, 1.82) is 0 Å². The Hall–Kier alpha value is -2.02. The summed E-state index contributed by atoms with van der Waals surface area (Å²) in [5.74, 6) is -3.27. The number of amides is 1. The summed E-state index contributed by atoms with van der Waals surface area (Å²) in [4.78, 5) is 24.7. The molecule has 1 saturated heterocycles. The molecule has 0 radical (unpaired) electrons. The van der Waals surface area contributed by atoms with E-state index in [1.165, 1.54) is 4.90 Å². The summed E-state index contributed by atoms with van der Waals surface area (Å²) in [7, 11) is 0. The van der Waals surface area contributed by atoms with Gasteiger partial charge in [-0.1, -0.05) is 0 Å². The Labute approximate surface area is 126 Å². The number of hydrogen-bond donors (Lipinski definition) is 1. The Morgan fingerprint density at radius 1 is 1.18 bits per heavy atom. The molecule has 0 spiro atoms. The van der Waals surface area contributed by atoms with Crippen LogP contribution >= 0.6 is 0 Å². The van der Waals surface area contributed by atoms with Crippen molar-refractivity contribution in [3.63, 3.8) is 0 Å². The summed E-state index contributed by atoms with van der Waals surface area (Å²) in [5.41, 5.74) is -0.116. The van der Waals surface area contributed by atoms with Crippen LogP contribution in [-0.2, 0) is 9.53 Å². The highest BCUT2D eigenvalue weighted by atomic mass is 19.1. The fraction of sp³-hybridized carbons (Fsp3) is 0.467. The predicted octanol–water partition coefficient (Wildman–Crippen LogP) is 2.06. The average Bonchev–Trinajstić information content (AvgIpc) is 2.47. The molecule has 0 bridgehead atoms. The maximum Gasteiger partial charge on any atom is 0.305 e. The molecule has 0 aromatic heterocycles. The molecule has 0 unspecified atom stereocenters. The highest BCUT2D eigenvalue weighted by molar-refractivity contribution is 5.94. The molecule has 1 aliphatic heterocycles. The first-order chi connectivity index (χ1) is 10.5. The summed E-state index contributed by atoms with van der Waals surface area (Å²) in [6.45, 7) is 0.940. The SMILES string of the molecule is O=C(O)CCN(C(=O)c1cc(F)cc(F)c1)C1CCOCC1. The molecule has 1 aromatic carbocycles. The highest BCUT2D eigenvalue weighted by Crippen LogP contribution is 2.19. The molecule has 2 rings (SSSR count).